The molecule has 8 nitrogen and oxygen atoms in total. The van der Waals surface area contributed by atoms with Crippen LogP contribution in [0.4, 0.5) is 0 Å². The molecular formula is C17H25N3O5. The van der Waals surface area contributed by atoms with Crippen molar-refractivity contribution in [3.05, 3.63) is 23.8 Å². The van der Waals surface area contributed by atoms with Gasteiger partial charge in [0.15, 0.2) is 0 Å². The number of carboxylic acid groups (broad SMARTS) is 2. The van der Waals surface area contributed by atoms with Crippen molar-refractivity contribution in [2.45, 2.75) is 26.2 Å². The minimum Gasteiger partial charge on any atom is -0.481 e. The Morgan fingerprint density at radius 3 is 2.40 bits per heavy atom. The molecule has 0 aromatic rings. The zero-order valence-electron chi connectivity index (χ0n) is 14.4. The van der Waals surface area contributed by atoms with Gasteiger partial charge in [-0.25, -0.2) is 9.80 Å². The summed E-state index contributed by atoms with van der Waals surface area (Å²) in [6.07, 6.45) is 6.21. The van der Waals surface area contributed by atoms with Crippen LogP contribution < -0.4 is 5.32 Å². The van der Waals surface area contributed by atoms with Crippen molar-refractivity contribution < 1.29 is 24.6 Å². The quantitative estimate of drug-likeness (QED) is 0.678. The van der Waals surface area contributed by atoms with E-state index in [9.17, 15) is 14.4 Å². The van der Waals surface area contributed by atoms with E-state index >= 15 is 0 Å². The molecule has 25 heavy (non-hydrogen) atoms. The van der Waals surface area contributed by atoms with Crippen LogP contribution in [0, 0.1) is 5.41 Å². The molecule has 2 fully saturated rings. The molecule has 0 aromatic heterocycles. The van der Waals surface area contributed by atoms with Gasteiger partial charge in [0.2, 0.25) is 5.91 Å². The summed E-state index contributed by atoms with van der Waals surface area (Å²) in [4.78, 5) is 32.7. The summed E-state index contributed by atoms with van der Waals surface area (Å²) in [5, 5.41) is 24.8. The number of hydrogen-bond acceptors (Lipinski definition) is 5. The number of allylic oxidation sites excluding steroid dienone is 2. The summed E-state index contributed by atoms with van der Waals surface area (Å²) in [6, 6.07) is 0. The van der Waals surface area contributed by atoms with Gasteiger partial charge in [-0.3, -0.25) is 14.6 Å². The van der Waals surface area contributed by atoms with Gasteiger partial charge in [-0.2, -0.15) is 0 Å². The second-order valence-electron chi connectivity index (χ2n) is 6.58. The van der Waals surface area contributed by atoms with E-state index in [4.69, 9.17) is 10.2 Å². The number of rotatable bonds is 3. The third-order valence-electron chi connectivity index (χ3n) is 4.57. The second kappa shape index (κ2) is 8.26. The third kappa shape index (κ3) is 4.90. The molecule has 0 saturated carbocycles. The Morgan fingerprint density at radius 2 is 1.88 bits per heavy atom. The molecule has 1 aliphatic carbocycles. The highest BCUT2D eigenvalue weighted by Crippen LogP contribution is 2.31. The van der Waals surface area contributed by atoms with Crippen LogP contribution in [0.15, 0.2) is 23.8 Å². The molecule has 1 amide bonds. The normalized spacial score (nSPS) is 26.7. The minimum absolute atomic E-state index is 0.0359. The van der Waals surface area contributed by atoms with E-state index in [0.29, 0.717) is 5.91 Å². The number of hydrogen-bond donors (Lipinski definition) is 3. The highest BCUT2D eigenvalue weighted by Gasteiger charge is 2.34. The van der Waals surface area contributed by atoms with E-state index in [2.05, 4.69) is 10.3 Å². The summed E-state index contributed by atoms with van der Waals surface area (Å²) < 4.78 is 0. The van der Waals surface area contributed by atoms with E-state index in [1.165, 1.54) is 25.2 Å². The number of aliphatic carboxylic acids is 2. The van der Waals surface area contributed by atoms with Crippen LogP contribution in [0.3, 0.4) is 0 Å². The fraction of sp³-hybridized carbons (Fsp3) is 0.588. The molecule has 1 atom stereocenters. The van der Waals surface area contributed by atoms with Gasteiger partial charge in [0.05, 0.1) is 5.41 Å². The van der Waals surface area contributed by atoms with Crippen LogP contribution in [0.25, 0.3) is 0 Å². The standard InChI is InChI=1S/C9H10O4.C8H15N3O/c1-9(8(12)13)4-2-3-6(5-9)7(10)11;12-8-2-1-5-11(8)10-6-3-9-4-7-10/h2-4H,5H2,1H3,(H,10,11)(H,12,13);9H,1-7H2. The van der Waals surface area contributed by atoms with Gasteiger partial charge in [-0.15, -0.1) is 0 Å². The number of amides is 1. The maximum Gasteiger partial charge on any atom is 0.331 e. The summed E-state index contributed by atoms with van der Waals surface area (Å²) >= 11 is 0. The predicted octanol–water partition coefficient (Wildman–Crippen LogP) is 0.477. The number of carboxylic acids is 2. The Bertz CT molecular complexity index is 595. The number of carbonyl (C=O) groups excluding carboxylic acids is 1. The number of nitrogens with one attached hydrogen (secondary N) is 1. The zero-order valence-corrected chi connectivity index (χ0v) is 14.4. The molecule has 1 unspecified atom stereocenters. The molecule has 0 spiro atoms. The van der Waals surface area contributed by atoms with Gasteiger partial charge in [0, 0.05) is 44.7 Å². The van der Waals surface area contributed by atoms with Crippen molar-refractivity contribution in [1.82, 2.24) is 15.3 Å². The maximum absolute atomic E-state index is 11.3. The topological polar surface area (TPSA) is 110 Å². The lowest BCUT2D eigenvalue weighted by atomic mass is 9.80. The Balaban J connectivity index is 0.000000181. The van der Waals surface area contributed by atoms with Crippen LogP contribution >= 0.6 is 0 Å². The lowest BCUT2D eigenvalue weighted by Gasteiger charge is -2.34. The second-order valence-corrected chi connectivity index (χ2v) is 6.58. The summed E-state index contributed by atoms with van der Waals surface area (Å²) in [5.41, 5.74) is -0.949. The lowest BCUT2D eigenvalue weighted by Crippen LogP contribution is -2.52. The molecule has 3 aliphatic rings. The monoisotopic (exact) mass is 351 g/mol. The van der Waals surface area contributed by atoms with E-state index in [1.807, 2.05) is 5.01 Å². The fourth-order valence-corrected chi connectivity index (χ4v) is 3.01. The Morgan fingerprint density at radius 1 is 1.20 bits per heavy atom. The van der Waals surface area contributed by atoms with Crippen LogP contribution in [0.1, 0.15) is 26.2 Å². The van der Waals surface area contributed by atoms with Crippen molar-refractivity contribution in [2.75, 3.05) is 32.7 Å². The highest BCUT2D eigenvalue weighted by molar-refractivity contribution is 5.90. The molecular weight excluding hydrogens is 326 g/mol. The molecule has 2 heterocycles. The minimum atomic E-state index is -1.08. The van der Waals surface area contributed by atoms with Gasteiger partial charge < -0.3 is 15.5 Å². The van der Waals surface area contributed by atoms with Crippen LogP contribution in [-0.2, 0) is 14.4 Å². The lowest BCUT2D eigenvalue weighted by molar-refractivity contribution is -0.145. The van der Waals surface area contributed by atoms with Gasteiger partial charge in [0.25, 0.3) is 0 Å². The number of hydrazine groups is 1. The largest absolute Gasteiger partial charge is 0.481 e. The first-order valence-electron chi connectivity index (χ1n) is 8.44. The van der Waals surface area contributed by atoms with Crippen molar-refractivity contribution in [1.29, 1.82) is 0 Å². The maximum atomic E-state index is 11.3. The predicted molar refractivity (Wildman–Crippen MR) is 90.6 cm³/mol. The van der Waals surface area contributed by atoms with Gasteiger partial charge >= 0.3 is 11.9 Å². The molecule has 3 N–H and O–H groups in total. The molecule has 0 aromatic carbocycles. The van der Waals surface area contributed by atoms with Crippen LogP contribution in [0.2, 0.25) is 0 Å². The first-order valence-corrected chi connectivity index (χ1v) is 8.44. The highest BCUT2D eigenvalue weighted by atomic mass is 16.4. The van der Waals surface area contributed by atoms with Crippen molar-refractivity contribution >= 4 is 17.8 Å². The van der Waals surface area contributed by atoms with E-state index in [1.54, 1.807) is 0 Å². The Hall–Kier alpha value is -2.19. The van der Waals surface area contributed by atoms with Gasteiger partial charge in [0.1, 0.15) is 0 Å². The molecule has 0 radical (unpaired) electrons. The van der Waals surface area contributed by atoms with Crippen LogP contribution in [-0.4, -0.2) is 70.8 Å². The van der Waals surface area contributed by atoms with E-state index < -0.39 is 17.4 Å². The summed E-state index contributed by atoms with van der Waals surface area (Å²) in [6.45, 7) is 6.39. The SMILES string of the molecule is CC1(C(=O)O)C=CC=C(C(=O)O)C1.O=C1CCCN1N1CCNCC1. The van der Waals surface area contributed by atoms with Gasteiger partial charge in [-0.1, -0.05) is 18.2 Å². The number of nitrogens with zero attached hydrogens (tertiary/aromatic N) is 2. The first-order chi connectivity index (χ1) is 11.8. The molecule has 8 heteroatoms. The van der Waals surface area contributed by atoms with Crippen LogP contribution in [0.5, 0.6) is 0 Å². The Labute approximate surface area is 146 Å². The Kier molecular flexibility index (Phi) is 6.33. The van der Waals surface area contributed by atoms with Crippen molar-refractivity contribution in [3.8, 4) is 0 Å². The molecule has 2 saturated heterocycles. The van der Waals surface area contributed by atoms with E-state index in [0.717, 1.165) is 45.6 Å². The van der Waals surface area contributed by atoms with Gasteiger partial charge in [-0.05, 0) is 19.8 Å². The number of carbonyl (C=O) groups is 3. The smallest absolute Gasteiger partial charge is 0.331 e. The molecule has 0 bridgehead atoms. The molecule has 138 valence electrons. The number of piperazine rings is 1. The average Bonchev–Trinajstić information content (AvgIpc) is 3.02. The average molecular weight is 351 g/mol. The van der Waals surface area contributed by atoms with Crippen molar-refractivity contribution in [3.63, 3.8) is 0 Å². The van der Waals surface area contributed by atoms with Crippen molar-refractivity contribution in [2.24, 2.45) is 5.41 Å². The molecule has 3 rings (SSSR count). The summed E-state index contributed by atoms with van der Waals surface area (Å²) in [7, 11) is 0. The zero-order chi connectivity index (χ0) is 18.4. The molecule has 2 aliphatic heterocycles. The fourth-order valence-electron chi connectivity index (χ4n) is 3.01. The summed E-state index contributed by atoms with van der Waals surface area (Å²) in [5.74, 6) is -1.76. The third-order valence-corrected chi connectivity index (χ3v) is 4.57. The first kappa shape index (κ1) is 19.1. The van der Waals surface area contributed by atoms with E-state index in [-0.39, 0.29) is 12.0 Å².